The lowest BCUT2D eigenvalue weighted by Gasteiger charge is -2.28. The van der Waals surface area contributed by atoms with Crippen LogP contribution in [-0.4, -0.2) is 0 Å². The van der Waals surface area contributed by atoms with Crippen molar-refractivity contribution >= 4 is 27.8 Å². The molecule has 0 heterocycles. The number of benzene rings is 9. The number of fused-ring (bicyclic) bond motifs is 5. The van der Waals surface area contributed by atoms with Gasteiger partial charge in [-0.1, -0.05) is 164 Å². The van der Waals surface area contributed by atoms with Crippen molar-refractivity contribution in [2.24, 2.45) is 0 Å². The minimum Gasteiger partial charge on any atom is -0.310 e. The summed E-state index contributed by atoms with van der Waals surface area (Å²) in [5.41, 5.74) is 21.3. The minimum atomic E-state index is 1.11. The highest BCUT2D eigenvalue weighted by molar-refractivity contribution is 6.15. The molecule has 1 nitrogen and oxygen atoms in total. The third kappa shape index (κ3) is 4.58. The van der Waals surface area contributed by atoms with Crippen LogP contribution in [0.5, 0.6) is 0 Å². The van der Waals surface area contributed by atoms with Crippen molar-refractivity contribution in [3.8, 4) is 77.9 Å². The molecule has 0 saturated heterocycles. The molecule has 6 bridgehead atoms. The average Bonchev–Trinajstić information content (AvgIpc) is 3.34. The van der Waals surface area contributed by atoms with Crippen LogP contribution in [0, 0.1) is 0 Å². The summed E-state index contributed by atoms with van der Waals surface area (Å²) in [6, 6.07) is 73.5. The minimum absolute atomic E-state index is 1.11. The van der Waals surface area contributed by atoms with Crippen LogP contribution in [-0.2, 0) is 0 Å². The van der Waals surface area contributed by atoms with Crippen LogP contribution in [0.3, 0.4) is 0 Å². The summed E-state index contributed by atoms with van der Waals surface area (Å²) in [6.07, 6.45) is 0. The third-order valence-corrected chi connectivity index (χ3v) is 11.2. The van der Waals surface area contributed by atoms with Crippen molar-refractivity contribution in [2.75, 3.05) is 4.90 Å². The number of hydrogen-bond acceptors (Lipinski definition) is 1. The van der Waals surface area contributed by atoms with E-state index < -0.39 is 0 Å². The Morgan fingerprint density at radius 1 is 0.264 bits per heavy atom. The fraction of sp³-hybridized carbons (Fsp3) is 0. The van der Waals surface area contributed by atoms with Gasteiger partial charge in [0.1, 0.15) is 0 Å². The Balaban J connectivity index is 1.05. The summed E-state index contributed by atoms with van der Waals surface area (Å²) in [7, 11) is 0. The van der Waals surface area contributed by atoms with Gasteiger partial charge in [0.2, 0.25) is 0 Å². The fourth-order valence-corrected chi connectivity index (χ4v) is 8.85. The first-order valence-electron chi connectivity index (χ1n) is 18.4. The predicted molar refractivity (Wildman–Crippen MR) is 224 cm³/mol. The van der Waals surface area contributed by atoms with Gasteiger partial charge in [0, 0.05) is 16.9 Å². The van der Waals surface area contributed by atoms with E-state index in [0.717, 1.165) is 17.1 Å². The maximum absolute atomic E-state index is 2.42. The third-order valence-electron chi connectivity index (χ3n) is 11.2. The SMILES string of the molecule is c1ccc(N(c2ccc(-c3ccc4c(c3)-c3c5cccc3-c3cccc-4c3-c3ccccc3-5)cc2)c2ccccc2-c2cccc3ccccc23)cc1. The van der Waals surface area contributed by atoms with Gasteiger partial charge < -0.3 is 4.90 Å². The van der Waals surface area contributed by atoms with Gasteiger partial charge >= 0.3 is 0 Å². The molecule has 0 unspecified atom stereocenters. The molecule has 9 aromatic carbocycles. The van der Waals surface area contributed by atoms with Crippen molar-refractivity contribution in [3.63, 3.8) is 0 Å². The van der Waals surface area contributed by atoms with Crippen molar-refractivity contribution in [1.29, 1.82) is 0 Å². The van der Waals surface area contributed by atoms with E-state index in [1.165, 1.54) is 88.7 Å². The number of para-hydroxylation sites is 2. The van der Waals surface area contributed by atoms with Crippen LogP contribution < -0.4 is 4.90 Å². The van der Waals surface area contributed by atoms with Gasteiger partial charge in [0.25, 0.3) is 0 Å². The van der Waals surface area contributed by atoms with E-state index in [4.69, 9.17) is 0 Å². The number of nitrogens with zero attached hydrogens (tertiary/aromatic N) is 1. The molecular formula is C52H33N. The molecule has 0 amide bonds. The molecule has 246 valence electrons. The van der Waals surface area contributed by atoms with E-state index in [-0.39, 0.29) is 0 Å². The average molecular weight is 672 g/mol. The van der Waals surface area contributed by atoms with Gasteiger partial charge in [-0.05, 0) is 119 Å². The molecule has 0 aliphatic heterocycles. The molecule has 2 aliphatic carbocycles. The number of hydrogen-bond donors (Lipinski definition) is 0. The van der Waals surface area contributed by atoms with Gasteiger partial charge in [-0.25, -0.2) is 0 Å². The maximum atomic E-state index is 2.42. The van der Waals surface area contributed by atoms with Gasteiger partial charge in [0.05, 0.1) is 5.69 Å². The first-order chi connectivity index (χ1) is 26.3. The molecule has 0 aromatic heterocycles. The first kappa shape index (κ1) is 29.7. The Kier molecular flexibility index (Phi) is 6.62. The summed E-state index contributed by atoms with van der Waals surface area (Å²) in [4.78, 5) is 2.39. The lowest BCUT2D eigenvalue weighted by atomic mass is 9.83. The Morgan fingerprint density at radius 3 is 1.53 bits per heavy atom. The molecule has 0 radical (unpaired) electrons. The highest BCUT2D eigenvalue weighted by Gasteiger charge is 2.30. The zero-order valence-corrected chi connectivity index (χ0v) is 29.0. The Labute approximate surface area is 309 Å². The zero-order valence-electron chi connectivity index (χ0n) is 29.0. The topological polar surface area (TPSA) is 3.24 Å². The quantitative estimate of drug-likeness (QED) is 0.176. The summed E-state index contributed by atoms with van der Waals surface area (Å²) in [5.74, 6) is 0. The van der Waals surface area contributed by atoms with Crippen molar-refractivity contribution in [2.45, 2.75) is 0 Å². The Hall–Kier alpha value is -6.96. The van der Waals surface area contributed by atoms with Gasteiger partial charge in [-0.3, -0.25) is 0 Å². The standard InChI is InChI=1S/C52H33N/c1-2-15-37(16-3-1)53(50-26-9-8-19-43(50)40-21-10-14-35-13-4-5-17-39(35)40)38-30-27-34(28-31-38)36-29-32-42-46-23-12-24-47-48-25-11-22-45(52(48)49(42)33-36)41-18-6-7-20-44(41)51(46)47/h1-33H. The molecular weight excluding hydrogens is 639 g/mol. The van der Waals surface area contributed by atoms with Crippen LogP contribution in [0.15, 0.2) is 200 Å². The summed E-state index contributed by atoms with van der Waals surface area (Å²) in [5, 5.41) is 2.49. The normalized spacial score (nSPS) is 11.8. The lowest BCUT2D eigenvalue weighted by Crippen LogP contribution is -2.11. The van der Waals surface area contributed by atoms with Crippen LogP contribution in [0.1, 0.15) is 0 Å². The molecule has 53 heavy (non-hydrogen) atoms. The molecule has 9 aromatic rings. The van der Waals surface area contributed by atoms with E-state index in [2.05, 4.69) is 205 Å². The Morgan fingerprint density at radius 2 is 0.755 bits per heavy atom. The molecule has 11 rings (SSSR count). The smallest absolute Gasteiger partial charge is 0.0540 e. The molecule has 0 spiro atoms. The largest absolute Gasteiger partial charge is 0.310 e. The molecule has 0 fully saturated rings. The maximum Gasteiger partial charge on any atom is 0.0540 e. The molecule has 0 atom stereocenters. The first-order valence-corrected chi connectivity index (χ1v) is 18.4. The van der Waals surface area contributed by atoms with Crippen LogP contribution in [0.2, 0.25) is 0 Å². The van der Waals surface area contributed by atoms with Gasteiger partial charge in [-0.15, -0.1) is 0 Å². The summed E-state index contributed by atoms with van der Waals surface area (Å²) < 4.78 is 0. The van der Waals surface area contributed by atoms with E-state index in [0.29, 0.717) is 0 Å². The second-order valence-corrected chi connectivity index (χ2v) is 14.0. The molecule has 2 aliphatic rings. The van der Waals surface area contributed by atoms with Crippen molar-refractivity contribution in [1.82, 2.24) is 0 Å². The van der Waals surface area contributed by atoms with E-state index in [9.17, 15) is 0 Å². The Bertz CT molecular complexity index is 2850. The monoisotopic (exact) mass is 671 g/mol. The van der Waals surface area contributed by atoms with E-state index >= 15 is 0 Å². The number of rotatable bonds is 5. The number of anilines is 3. The van der Waals surface area contributed by atoms with Crippen molar-refractivity contribution < 1.29 is 0 Å². The second-order valence-electron chi connectivity index (χ2n) is 14.0. The molecule has 0 N–H and O–H groups in total. The molecule has 1 heteroatoms. The zero-order chi connectivity index (χ0) is 34.9. The highest BCUT2D eigenvalue weighted by Crippen LogP contribution is 2.57. The van der Waals surface area contributed by atoms with Crippen LogP contribution in [0.25, 0.3) is 88.7 Å². The lowest BCUT2D eigenvalue weighted by molar-refractivity contribution is 1.28. The van der Waals surface area contributed by atoms with Gasteiger partial charge in [0.15, 0.2) is 0 Å². The highest BCUT2D eigenvalue weighted by atomic mass is 15.1. The molecule has 0 saturated carbocycles. The van der Waals surface area contributed by atoms with E-state index in [1.807, 2.05) is 0 Å². The van der Waals surface area contributed by atoms with Crippen molar-refractivity contribution in [3.05, 3.63) is 200 Å². The summed E-state index contributed by atoms with van der Waals surface area (Å²) in [6.45, 7) is 0. The fourth-order valence-electron chi connectivity index (χ4n) is 8.85. The van der Waals surface area contributed by atoms with E-state index in [1.54, 1.807) is 0 Å². The van der Waals surface area contributed by atoms with Gasteiger partial charge in [-0.2, -0.15) is 0 Å². The van der Waals surface area contributed by atoms with Crippen LogP contribution >= 0.6 is 0 Å². The predicted octanol–water partition coefficient (Wildman–Crippen LogP) is 14.6. The van der Waals surface area contributed by atoms with Crippen LogP contribution in [0.4, 0.5) is 17.1 Å². The second kappa shape index (κ2) is 11.8. The summed E-state index contributed by atoms with van der Waals surface area (Å²) >= 11 is 0.